The van der Waals surface area contributed by atoms with Crippen molar-refractivity contribution in [2.75, 3.05) is 39.3 Å². The summed E-state index contributed by atoms with van der Waals surface area (Å²) in [6, 6.07) is 0. The maximum atomic E-state index is 12.5. The van der Waals surface area contributed by atoms with Crippen LogP contribution in [0.1, 0.15) is 155 Å². The quantitative estimate of drug-likeness (QED) is 0.304. The van der Waals surface area contributed by atoms with Crippen molar-refractivity contribution in [1.29, 1.82) is 0 Å². The van der Waals surface area contributed by atoms with Gasteiger partial charge in [0.25, 0.3) is 5.92 Å². The van der Waals surface area contributed by atoms with Crippen LogP contribution in [-0.2, 0) is 0 Å². The molecule has 0 bridgehead atoms. The molecule has 5 rings (SSSR count). The molecule has 5 aliphatic heterocycles. The largest absolute Gasteiger partial charge is 0.373 e. The lowest BCUT2D eigenvalue weighted by Gasteiger charge is -2.30. The van der Waals surface area contributed by atoms with Gasteiger partial charge in [0.15, 0.2) is 0 Å². The van der Waals surface area contributed by atoms with Gasteiger partial charge < -0.3 is 5.32 Å². The lowest BCUT2D eigenvalue weighted by Crippen LogP contribution is -2.42. The second kappa shape index (κ2) is 24.3. The molecule has 0 aromatic carbocycles. The van der Waals surface area contributed by atoms with Gasteiger partial charge in [0, 0.05) is 73.3 Å². The highest BCUT2D eigenvalue weighted by molar-refractivity contribution is 5.88. The first kappa shape index (κ1) is 48.0. The van der Waals surface area contributed by atoms with Crippen molar-refractivity contribution in [2.45, 2.75) is 161 Å². The Labute approximate surface area is 308 Å². The highest BCUT2D eigenvalue weighted by Crippen LogP contribution is 2.26. The number of hydrogen-bond donors (Lipinski definition) is 1. The van der Waals surface area contributed by atoms with Crippen molar-refractivity contribution in [3.05, 3.63) is 0 Å². The maximum absolute atomic E-state index is 12.5. The third-order valence-corrected chi connectivity index (χ3v) is 9.46. The van der Waals surface area contributed by atoms with E-state index in [2.05, 4.69) is 106 Å². The summed E-state index contributed by atoms with van der Waals surface area (Å²) in [6.07, 6.45) is 9.46. The molecule has 50 heavy (non-hydrogen) atoms. The SMILES string of the molecule is C.CC(C)C1=NCC(C)(C)CN1.CC(C)C1=NCC(F)(F)CC1.CC(C)C1=NCCC1.CC(C)C1=NCCCC1.CC1CCC(C(C)C)=NC1. The molecule has 5 heterocycles. The highest BCUT2D eigenvalue weighted by Gasteiger charge is 2.32. The Balaban J connectivity index is 0.000000600. The summed E-state index contributed by atoms with van der Waals surface area (Å²) in [5, 5.41) is 3.36. The van der Waals surface area contributed by atoms with Gasteiger partial charge in [-0.3, -0.25) is 25.0 Å². The Kier molecular flexibility index (Phi) is 23.3. The summed E-state index contributed by atoms with van der Waals surface area (Å²) >= 11 is 0. The number of alkyl halides is 2. The molecule has 1 unspecified atom stereocenters. The van der Waals surface area contributed by atoms with Gasteiger partial charge in [-0.15, -0.1) is 0 Å². The van der Waals surface area contributed by atoms with Crippen LogP contribution in [0.4, 0.5) is 8.78 Å². The molecule has 0 saturated heterocycles. The highest BCUT2D eigenvalue weighted by atomic mass is 19.3. The monoisotopic (exact) mass is 707 g/mol. The number of nitrogens with one attached hydrogen (secondary N) is 1. The molecule has 0 aliphatic carbocycles. The number of halogens is 2. The zero-order valence-electron chi connectivity index (χ0n) is 34.1. The number of aliphatic imine (C=N–C) groups is 5. The van der Waals surface area contributed by atoms with Crippen LogP contribution in [0.3, 0.4) is 0 Å². The van der Waals surface area contributed by atoms with Crippen LogP contribution in [0.15, 0.2) is 25.0 Å². The first-order valence-corrected chi connectivity index (χ1v) is 19.6. The molecular weight excluding hydrogens is 627 g/mol. The summed E-state index contributed by atoms with van der Waals surface area (Å²) in [6.45, 7) is 33.3. The van der Waals surface area contributed by atoms with Gasteiger partial charge in [0.1, 0.15) is 6.54 Å². The van der Waals surface area contributed by atoms with Gasteiger partial charge in [0.05, 0.1) is 5.84 Å². The molecule has 0 spiro atoms. The Morgan fingerprint density at radius 1 is 0.600 bits per heavy atom. The second-order valence-electron chi connectivity index (χ2n) is 16.9. The molecule has 0 radical (unpaired) electrons. The van der Waals surface area contributed by atoms with Crippen LogP contribution >= 0.6 is 0 Å². The van der Waals surface area contributed by atoms with E-state index < -0.39 is 5.92 Å². The summed E-state index contributed by atoms with van der Waals surface area (Å²) in [5.74, 6) is 2.37. The zero-order chi connectivity index (χ0) is 37.2. The van der Waals surface area contributed by atoms with Crippen LogP contribution in [0.25, 0.3) is 0 Å². The summed E-state index contributed by atoms with van der Waals surface area (Å²) in [5.41, 5.74) is 5.57. The van der Waals surface area contributed by atoms with Crippen molar-refractivity contribution < 1.29 is 8.78 Å². The Morgan fingerprint density at radius 3 is 1.44 bits per heavy atom. The maximum Gasteiger partial charge on any atom is 0.267 e. The summed E-state index contributed by atoms with van der Waals surface area (Å²) < 4.78 is 25.1. The van der Waals surface area contributed by atoms with Crippen molar-refractivity contribution in [3.8, 4) is 0 Å². The van der Waals surface area contributed by atoms with Crippen molar-refractivity contribution >= 4 is 28.7 Å². The molecule has 0 saturated carbocycles. The number of hydrogen-bond acceptors (Lipinski definition) is 6. The minimum atomic E-state index is -2.54. The number of nitrogens with zero attached hydrogens (tertiary/aromatic N) is 5. The van der Waals surface area contributed by atoms with E-state index in [0.717, 1.165) is 44.4 Å². The average molecular weight is 707 g/mol. The first-order valence-electron chi connectivity index (χ1n) is 19.6. The fourth-order valence-electron chi connectivity index (χ4n) is 5.82. The standard InChI is InChI=1S/C9H18N2.C9H17N.C8H13F2N.C8H15N.C7H13N.CH4/c1-7(2)8-10-5-9(3,4)6-11-8;1-7(2)9-5-4-8(3)6-10-9;1-6(2)7-3-4-8(9,10)5-11-7;1-7(2)8-5-3-4-6-9-8;1-6(2)7-4-3-5-8-7;/h7H,5-6H2,1-4H3,(H,10,11);7-8H,4-6H2,1-3H3;6H,3-5H2,1-2H3;7H,3-6H2,1-2H3;6H,3-5H2,1-2H3;1H4. The molecule has 8 heteroatoms. The van der Waals surface area contributed by atoms with Crippen molar-refractivity contribution in [1.82, 2.24) is 5.32 Å². The number of rotatable bonds is 5. The van der Waals surface area contributed by atoms with Crippen molar-refractivity contribution in [3.63, 3.8) is 0 Å². The van der Waals surface area contributed by atoms with E-state index in [9.17, 15) is 8.78 Å². The van der Waals surface area contributed by atoms with Crippen LogP contribution in [0, 0.1) is 40.9 Å². The zero-order valence-corrected chi connectivity index (χ0v) is 34.1. The lowest BCUT2D eigenvalue weighted by molar-refractivity contribution is 0.000375. The van der Waals surface area contributed by atoms with Gasteiger partial charge in [-0.05, 0) is 81.0 Å². The van der Waals surface area contributed by atoms with Gasteiger partial charge in [-0.25, -0.2) is 8.78 Å². The van der Waals surface area contributed by atoms with Crippen LogP contribution < -0.4 is 5.32 Å². The normalized spacial score (nSPS) is 22.3. The average Bonchev–Trinajstić information content (AvgIpc) is 3.59. The Hall–Kier alpha value is -1.99. The topological polar surface area (TPSA) is 73.8 Å². The minimum Gasteiger partial charge on any atom is -0.373 e. The van der Waals surface area contributed by atoms with E-state index >= 15 is 0 Å². The summed E-state index contributed by atoms with van der Waals surface area (Å²) in [7, 11) is 0. The van der Waals surface area contributed by atoms with E-state index in [1.807, 2.05) is 13.8 Å². The van der Waals surface area contributed by atoms with Gasteiger partial charge in [-0.1, -0.05) is 97.4 Å². The van der Waals surface area contributed by atoms with E-state index in [1.54, 1.807) is 0 Å². The molecule has 5 aliphatic rings. The smallest absolute Gasteiger partial charge is 0.267 e. The fourth-order valence-corrected chi connectivity index (χ4v) is 5.82. The molecular formula is C42H80F2N6. The van der Waals surface area contributed by atoms with Crippen molar-refractivity contribution in [2.24, 2.45) is 65.9 Å². The summed E-state index contributed by atoms with van der Waals surface area (Å²) in [4.78, 5) is 21.7. The number of amidine groups is 1. The molecule has 1 N–H and O–H groups in total. The third kappa shape index (κ3) is 20.8. The van der Waals surface area contributed by atoms with E-state index in [0.29, 0.717) is 41.4 Å². The van der Waals surface area contributed by atoms with Gasteiger partial charge >= 0.3 is 0 Å². The molecule has 1 atom stereocenters. The fraction of sp³-hybridized carbons (Fsp3) is 0.881. The predicted molar refractivity (Wildman–Crippen MR) is 220 cm³/mol. The molecule has 0 fully saturated rings. The van der Waals surface area contributed by atoms with Crippen LogP contribution in [0.2, 0.25) is 0 Å². The minimum absolute atomic E-state index is 0. The first-order chi connectivity index (χ1) is 22.8. The third-order valence-electron chi connectivity index (χ3n) is 9.46. The second-order valence-corrected chi connectivity index (χ2v) is 16.9. The van der Waals surface area contributed by atoms with Crippen LogP contribution in [-0.4, -0.2) is 73.9 Å². The van der Waals surface area contributed by atoms with Crippen LogP contribution in [0.5, 0.6) is 0 Å². The van der Waals surface area contributed by atoms with E-state index in [-0.39, 0.29) is 20.4 Å². The van der Waals surface area contributed by atoms with E-state index in [4.69, 9.17) is 0 Å². The van der Waals surface area contributed by atoms with Gasteiger partial charge in [-0.2, -0.15) is 0 Å². The predicted octanol–water partition coefficient (Wildman–Crippen LogP) is 11.5. The lowest BCUT2D eigenvalue weighted by atomic mass is 9.92. The Bertz CT molecular complexity index is 1060. The Morgan fingerprint density at radius 2 is 1.10 bits per heavy atom. The molecule has 0 aromatic heterocycles. The molecule has 0 aromatic rings. The molecule has 0 amide bonds. The van der Waals surface area contributed by atoms with Gasteiger partial charge in [0.2, 0.25) is 0 Å². The molecule has 292 valence electrons. The van der Waals surface area contributed by atoms with E-state index in [1.165, 1.54) is 67.9 Å². The molecule has 6 nitrogen and oxygen atoms in total.